The van der Waals surface area contributed by atoms with Crippen molar-refractivity contribution < 1.29 is 14.3 Å². The molecule has 7 nitrogen and oxygen atoms in total. The monoisotopic (exact) mass is 412 g/mol. The van der Waals surface area contributed by atoms with E-state index < -0.39 is 0 Å². The quantitative estimate of drug-likeness (QED) is 0.839. The van der Waals surface area contributed by atoms with Crippen molar-refractivity contribution in [3.05, 3.63) is 52.7 Å². The normalized spacial score (nSPS) is 23.0. The van der Waals surface area contributed by atoms with Gasteiger partial charge < -0.3 is 19.9 Å². The molecule has 2 atom stereocenters. The standard InChI is InChI=1S/C21H21ClN4O3/c22-15-3-1-13(2-4-15)10-26-18-7-14(8-23-20(18)24-9-19(26)27)21(28)25-11-16-5-6-17(12-25)29-16/h1-4,7-8,16-17H,5-6,9-12H2,(H,23,24)/t16-,17+. The van der Waals surface area contributed by atoms with Gasteiger partial charge in [0.1, 0.15) is 0 Å². The molecular weight excluding hydrogens is 392 g/mol. The SMILES string of the molecule is O=C(c1cnc2c(c1)N(Cc1ccc(Cl)cc1)C(=O)CN2)N1C[C@H]2CC[C@@H](C1)O2. The number of carbonyl (C=O) groups excluding carboxylic acids is 2. The predicted molar refractivity (Wildman–Crippen MR) is 109 cm³/mol. The van der Waals surface area contributed by atoms with Crippen LogP contribution >= 0.6 is 11.6 Å². The largest absolute Gasteiger partial charge is 0.371 e. The number of rotatable bonds is 3. The molecular formula is C21H21ClN4O3. The van der Waals surface area contributed by atoms with E-state index >= 15 is 0 Å². The number of ether oxygens (including phenoxy) is 1. The number of benzene rings is 1. The van der Waals surface area contributed by atoms with Crippen molar-refractivity contribution in [3.8, 4) is 0 Å². The summed E-state index contributed by atoms with van der Waals surface area (Å²) in [6.45, 7) is 1.79. The van der Waals surface area contributed by atoms with Crippen LogP contribution in [-0.2, 0) is 16.1 Å². The van der Waals surface area contributed by atoms with Crippen molar-refractivity contribution in [2.45, 2.75) is 31.6 Å². The zero-order valence-corrected chi connectivity index (χ0v) is 16.6. The van der Waals surface area contributed by atoms with Gasteiger partial charge in [-0.1, -0.05) is 23.7 Å². The van der Waals surface area contributed by atoms with Crippen LogP contribution in [0.4, 0.5) is 11.5 Å². The number of carbonyl (C=O) groups is 2. The van der Waals surface area contributed by atoms with E-state index in [1.165, 1.54) is 0 Å². The number of hydrogen-bond acceptors (Lipinski definition) is 5. The number of nitrogens with one attached hydrogen (secondary N) is 1. The number of fused-ring (bicyclic) bond motifs is 3. The van der Waals surface area contributed by atoms with E-state index in [0.29, 0.717) is 41.7 Å². The van der Waals surface area contributed by atoms with E-state index in [4.69, 9.17) is 16.3 Å². The number of likely N-dealkylation sites (tertiary alicyclic amines) is 1. The molecule has 2 amide bonds. The lowest BCUT2D eigenvalue weighted by Crippen LogP contribution is -2.46. The minimum atomic E-state index is -0.0664. The molecule has 1 aromatic heterocycles. The first kappa shape index (κ1) is 18.4. The van der Waals surface area contributed by atoms with Crippen LogP contribution in [0.15, 0.2) is 36.5 Å². The number of aromatic nitrogens is 1. The van der Waals surface area contributed by atoms with Crippen molar-refractivity contribution in [2.24, 2.45) is 0 Å². The lowest BCUT2D eigenvalue weighted by molar-refractivity contribution is -0.117. The topological polar surface area (TPSA) is 74.8 Å². The summed E-state index contributed by atoms with van der Waals surface area (Å²) in [5.41, 5.74) is 2.07. The molecule has 2 bridgehead atoms. The second kappa shape index (κ2) is 7.31. The summed E-state index contributed by atoms with van der Waals surface area (Å²) in [6, 6.07) is 9.15. The van der Waals surface area contributed by atoms with Gasteiger partial charge in [0.25, 0.3) is 5.91 Å². The van der Waals surface area contributed by atoms with Crippen molar-refractivity contribution in [1.82, 2.24) is 9.88 Å². The Labute approximate surface area is 173 Å². The number of pyridine rings is 1. The molecule has 3 aliphatic rings. The molecule has 0 saturated carbocycles. The maximum atomic E-state index is 13.1. The minimum absolute atomic E-state index is 0.0648. The molecule has 5 rings (SSSR count). The number of nitrogens with zero attached hydrogens (tertiary/aromatic N) is 3. The van der Waals surface area contributed by atoms with Crippen molar-refractivity contribution >= 4 is 34.9 Å². The van der Waals surface area contributed by atoms with Gasteiger partial charge >= 0.3 is 0 Å². The first-order valence-electron chi connectivity index (χ1n) is 9.80. The number of halogens is 1. The zero-order valence-electron chi connectivity index (χ0n) is 15.8. The van der Waals surface area contributed by atoms with Crippen LogP contribution < -0.4 is 10.2 Å². The van der Waals surface area contributed by atoms with Crippen molar-refractivity contribution in [2.75, 3.05) is 29.9 Å². The van der Waals surface area contributed by atoms with Crippen LogP contribution in [0.25, 0.3) is 0 Å². The molecule has 4 heterocycles. The van der Waals surface area contributed by atoms with Gasteiger partial charge in [0.15, 0.2) is 5.82 Å². The third-order valence-corrected chi connectivity index (χ3v) is 5.95. The first-order chi connectivity index (χ1) is 14.1. The zero-order chi connectivity index (χ0) is 20.0. The van der Waals surface area contributed by atoms with Crippen LogP contribution in [0.3, 0.4) is 0 Å². The third-order valence-electron chi connectivity index (χ3n) is 5.70. The summed E-state index contributed by atoms with van der Waals surface area (Å²) in [6.07, 6.45) is 3.86. The smallest absolute Gasteiger partial charge is 0.255 e. The van der Waals surface area contributed by atoms with Gasteiger partial charge in [-0.2, -0.15) is 0 Å². The summed E-state index contributed by atoms with van der Waals surface area (Å²) in [7, 11) is 0. The van der Waals surface area contributed by atoms with Gasteiger partial charge in [-0.3, -0.25) is 9.59 Å². The van der Waals surface area contributed by atoms with E-state index in [0.717, 1.165) is 18.4 Å². The summed E-state index contributed by atoms with van der Waals surface area (Å²) >= 11 is 5.97. The second-order valence-electron chi connectivity index (χ2n) is 7.72. The van der Waals surface area contributed by atoms with Crippen LogP contribution in [0, 0.1) is 0 Å². The number of amides is 2. The highest BCUT2D eigenvalue weighted by atomic mass is 35.5. The van der Waals surface area contributed by atoms with Crippen molar-refractivity contribution in [3.63, 3.8) is 0 Å². The van der Waals surface area contributed by atoms with Crippen LogP contribution in [-0.4, -0.2) is 53.5 Å². The van der Waals surface area contributed by atoms with Crippen LogP contribution in [0.2, 0.25) is 5.02 Å². The molecule has 0 spiro atoms. The van der Waals surface area contributed by atoms with Gasteiger partial charge in [-0.15, -0.1) is 0 Å². The van der Waals surface area contributed by atoms with E-state index in [9.17, 15) is 9.59 Å². The van der Waals surface area contributed by atoms with Crippen molar-refractivity contribution in [1.29, 1.82) is 0 Å². The lowest BCUT2D eigenvalue weighted by atomic mass is 10.1. The minimum Gasteiger partial charge on any atom is -0.371 e. The Hall–Kier alpha value is -2.64. The van der Waals surface area contributed by atoms with Gasteiger partial charge in [0, 0.05) is 24.3 Å². The maximum Gasteiger partial charge on any atom is 0.255 e. The highest BCUT2D eigenvalue weighted by molar-refractivity contribution is 6.30. The molecule has 0 aliphatic carbocycles. The maximum absolute atomic E-state index is 13.1. The lowest BCUT2D eigenvalue weighted by Gasteiger charge is -2.33. The molecule has 1 N–H and O–H groups in total. The second-order valence-corrected chi connectivity index (χ2v) is 8.16. The molecule has 1 aromatic carbocycles. The van der Waals surface area contributed by atoms with E-state index in [1.54, 1.807) is 29.3 Å². The first-order valence-corrected chi connectivity index (χ1v) is 10.2. The Morgan fingerprint density at radius 1 is 1.21 bits per heavy atom. The fourth-order valence-electron chi connectivity index (χ4n) is 4.21. The van der Waals surface area contributed by atoms with Crippen LogP contribution in [0.1, 0.15) is 28.8 Å². The number of morpholine rings is 1. The molecule has 2 aromatic rings. The number of hydrogen-bond donors (Lipinski definition) is 1. The van der Waals surface area contributed by atoms with Gasteiger partial charge in [-0.05, 0) is 36.6 Å². The van der Waals surface area contributed by atoms with Crippen LogP contribution in [0.5, 0.6) is 0 Å². The van der Waals surface area contributed by atoms with E-state index in [2.05, 4.69) is 10.3 Å². The Morgan fingerprint density at radius 2 is 1.93 bits per heavy atom. The summed E-state index contributed by atoms with van der Waals surface area (Å²) < 4.78 is 5.83. The third kappa shape index (κ3) is 3.56. The molecule has 8 heteroatoms. The fraction of sp³-hybridized carbons (Fsp3) is 0.381. The summed E-state index contributed by atoms with van der Waals surface area (Å²) in [5.74, 6) is 0.477. The molecule has 0 radical (unpaired) electrons. The van der Waals surface area contributed by atoms with E-state index in [1.807, 2.05) is 17.0 Å². The Kier molecular flexibility index (Phi) is 4.64. The Bertz CT molecular complexity index is 953. The number of anilines is 2. The molecule has 2 saturated heterocycles. The molecule has 29 heavy (non-hydrogen) atoms. The highest BCUT2D eigenvalue weighted by Gasteiger charge is 2.36. The van der Waals surface area contributed by atoms with Gasteiger partial charge in [-0.25, -0.2) is 4.98 Å². The average Bonchev–Trinajstić information content (AvgIpc) is 3.08. The van der Waals surface area contributed by atoms with Gasteiger partial charge in [0.2, 0.25) is 5.91 Å². The fourth-order valence-corrected chi connectivity index (χ4v) is 4.34. The average molecular weight is 413 g/mol. The Balaban J connectivity index is 1.42. The summed E-state index contributed by atoms with van der Waals surface area (Å²) in [5, 5.41) is 3.69. The molecule has 150 valence electrons. The predicted octanol–water partition coefficient (Wildman–Crippen LogP) is 2.70. The Morgan fingerprint density at radius 3 is 2.66 bits per heavy atom. The molecule has 2 fully saturated rings. The highest BCUT2D eigenvalue weighted by Crippen LogP contribution is 2.32. The summed E-state index contributed by atoms with van der Waals surface area (Å²) in [4.78, 5) is 33.6. The van der Waals surface area contributed by atoms with E-state index in [-0.39, 0.29) is 30.6 Å². The molecule has 3 aliphatic heterocycles. The molecule has 0 unspecified atom stereocenters. The van der Waals surface area contributed by atoms with Gasteiger partial charge in [0.05, 0.1) is 36.5 Å².